The zero-order chi connectivity index (χ0) is 21.2. The molecule has 3 aromatic rings. The number of rotatable bonds is 4. The molecular formula is C19H11BrF4N2O3. The number of carbonyl (C=O) groups is 2. The van der Waals surface area contributed by atoms with Gasteiger partial charge in [-0.3, -0.25) is 9.59 Å². The molecule has 0 radical (unpaired) electrons. The molecule has 1 aromatic heterocycles. The van der Waals surface area contributed by atoms with E-state index in [9.17, 15) is 27.2 Å². The summed E-state index contributed by atoms with van der Waals surface area (Å²) in [6.45, 7) is 0. The second-order valence-electron chi connectivity index (χ2n) is 5.77. The van der Waals surface area contributed by atoms with Gasteiger partial charge in [-0.2, -0.15) is 13.2 Å². The van der Waals surface area contributed by atoms with Crippen molar-refractivity contribution in [3.05, 3.63) is 82.0 Å². The minimum Gasteiger partial charge on any atom is -0.459 e. The molecule has 10 heteroatoms. The minimum absolute atomic E-state index is 0.0466. The number of halogens is 5. The first-order valence-corrected chi connectivity index (χ1v) is 8.77. The summed E-state index contributed by atoms with van der Waals surface area (Å²) < 4.78 is 58.6. The Morgan fingerprint density at radius 2 is 1.72 bits per heavy atom. The van der Waals surface area contributed by atoms with Crippen molar-refractivity contribution >= 4 is 39.1 Å². The largest absolute Gasteiger partial charge is 0.459 e. The van der Waals surface area contributed by atoms with E-state index in [4.69, 9.17) is 4.42 Å². The molecule has 0 saturated carbocycles. The second kappa shape index (κ2) is 8.08. The lowest BCUT2D eigenvalue weighted by Gasteiger charge is -2.16. The summed E-state index contributed by atoms with van der Waals surface area (Å²) in [6.07, 6.45) is -3.56. The SMILES string of the molecule is O=C(Nc1ccc(NC(=O)c2ccc(F)cc2Br)c(C(F)(F)F)c1)c1ccco1. The van der Waals surface area contributed by atoms with Crippen molar-refractivity contribution in [2.24, 2.45) is 0 Å². The van der Waals surface area contributed by atoms with Gasteiger partial charge in [-0.15, -0.1) is 0 Å². The van der Waals surface area contributed by atoms with E-state index in [0.29, 0.717) is 6.07 Å². The van der Waals surface area contributed by atoms with Gasteiger partial charge in [0.05, 0.1) is 23.1 Å². The third-order valence-electron chi connectivity index (χ3n) is 3.75. The van der Waals surface area contributed by atoms with Crippen LogP contribution >= 0.6 is 15.9 Å². The van der Waals surface area contributed by atoms with Gasteiger partial charge in [0.15, 0.2) is 5.76 Å². The van der Waals surface area contributed by atoms with Crippen molar-refractivity contribution in [2.75, 3.05) is 10.6 Å². The highest BCUT2D eigenvalue weighted by Crippen LogP contribution is 2.37. The molecule has 5 nitrogen and oxygen atoms in total. The molecule has 0 aliphatic rings. The minimum atomic E-state index is -4.81. The van der Waals surface area contributed by atoms with E-state index in [0.717, 1.165) is 24.3 Å². The third kappa shape index (κ3) is 4.83. The number of carbonyl (C=O) groups excluding carboxylic acids is 2. The summed E-state index contributed by atoms with van der Waals surface area (Å²) >= 11 is 3.00. The number of anilines is 2. The number of alkyl halides is 3. The molecule has 2 N–H and O–H groups in total. The zero-order valence-corrected chi connectivity index (χ0v) is 15.9. The van der Waals surface area contributed by atoms with Gasteiger partial charge in [0.2, 0.25) is 0 Å². The van der Waals surface area contributed by atoms with Gasteiger partial charge < -0.3 is 15.1 Å². The van der Waals surface area contributed by atoms with Crippen LogP contribution in [-0.4, -0.2) is 11.8 Å². The molecule has 0 unspecified atom stereocenters. The van der Waals surface area contributed by atoms with Crippen LogP contribution < -0.4 is 10.6 Å². The van der Waals surface area contributed by atoms with Gasteiger partial charge in [-0.25, -0.2) is 4.39 Å². The lowest BCUT2D eigenvalue weighted by molar-refractivity contribution is -0.136. The molecule has 0 fully saturated rings. The van der Waals surface area contributed by atoms with Gasteiger partial charge in [-0.1, -0.05) is 0 Å². The van der Waals surface area contributed by atoms with E-state index < -0.39 is 35.1 Å². The van der Waals surface area contributed by atoms with Crippen molar-refractivity contribution in [1.82, 2.24) is 0 Å². The van der Waals surface area contributed by atoms with Crippen LogP contribution in [0.1, 0.15) is 26.5 Å². The molecule has 0 saturated heterocycles. The predicted molar refractivity (Wildman–Crippen MR) is 100 cm³/mol. The van der Waals surface area contributed by atoms with Gasteiger partial charge in [0.25, 0.3) is 11.8 Å². The average Bonchev–Trinajstić information content (AvgIpc) is 3.16. The fraction of sp³-hybridized carbons (Fsp3) is 0.0526. The van der Waals surface area contributed by atoms with Crippen molar-refractivity contribution in [1.29, 1.82) is 0 Å². The first-order chi connectivity index (χ1) is 13.6. The van der Waals surface area contributed by atoms with Crippen LogP contribution in [0.2, 0.25) is 0 Å². The van der Waals surface area contributed by atoms with E-state index >= 15 is 0 Å². The van der Waals surface area contributed by atoms with Crippen molar-refractivity contribution in [3.8, 4) is 0 Å². The topological polar surface area (TPSA) is 71.3 Å². The first-order valence-electron chi connectivity index (χ1n) is 7.97. The second-order valence-corrected chi connectivity index (χ2v) is 6.62. The summed E-state index contributed by atoms with van der Waals surface area (Å²) in [6, 6.07) is 8.89. The van der Waals surface area contributed by atoms with Crippen LogP contribution in [0.3, 0.4) is 0 Å². The maximum absolute atomic E-state index is 13.5. The van der Waals surface area contributed by atoms with E-state index in [1.54, 1.807) is 0 Å². The monoisotopic (exact) mass is 470 g/mol. The molecule has 1 heterocycles. The molecule has 2 aromatic carbocycles. The lowest BCUT2D eigenvalue weighted by Crippen LogP contribution is -2.18. The Morgan fingerprint density at radius 3 is 2.34 bits per heavy atom. The summed E-state index contributed by atoms with van der Waals surface area (Å²) in [5, 5.41) is 4.45. The van der Waals surface area contributed by atoms with Crippen molar-refractivity contribution in [2.45, 2.75) is 6.18 Å². The number of hydrogen-bond acceptors (Lipinski definition) is 3. The Balaban J connectivity index is 1.88. The third-order valence-corrected chi connectivity index (χ3v) is 4.41. The highest BCUT2D eigenvalue weighted by molar-refractivity contribution is 9.10. The standard InChI is InChI=1S/C19H11BrF4N2O3/c20-14-8-10(21)3-5-12(14)17(27)26-15-6-4-11(9-13(15)19(22,23)24)25-18(28)16-2-1-7-29-16/h1-9H,(H,25,28)(H,26,27). The number of hydrogen-bond donors (Lipinski definition) is 2. The maximum Gasteiger partial charge on any atom is 0.418 e. The normalized spacial score (nSPS) is 11.2. The predicted octanol–water partition coefficient (Wildman–Crippen LogP) is 5.70. The molecule has 150 valence electrons. The summed E-state index contributed by atoms with van der Waals surface area (Å²) in [4.78, 5) is 24.3. The van der Waals surface area contributed by atoms with Crippen LogP contribution in [0.4, 0.5) is 28.9 Å². The van der Waals surface area contributed by atoms with Gasteiger partial charge >= 0.3 is 6.18 Å². The maximum atomic E-state index is 13.5. The Bertz CT molecular complexity index is 1070. The van der Waals surface area contributed by atoms with Gasteiger partial charge in [0, 0.05) is 10.2 Å². The molecule has 0 spiro atoms. The Morgan fingerprint density at radius 1 is 0.966 bits per heavy atom. The summed E-state index contributed by atoms with van der Waals surface area (Å²) in [5.74, 6) is -2.27. The first kappa shape index (κ1) is 20.6. The van der Waals surface area contributed by atoms with E-state index in [1.165, 1.54) is 24.5 Å². The molecule has 0 bridgehead atoms. The average molecular weight is 471 g/mol. The highest BCUT2D eigenvalue weighted by Gasteiger charge is 2.34. The molecule has 0 atom stereocenters. The molecule has 0 aliphatic carbocycles. The number of amides is 2. The smallest absolute Gasteiger partial charge is 0.418 e. The van der Waals surface area contributed by atoms with Gasteiger partial charge in [0.1, 0.15) is 5.82 Å². The van der Waals surface area contributed by atoms with Crippen LogP contribution in [0, 0.1) is 5.82 Å². The van der Waals surface area contributed by atoms with E-state index in [1.807, 2.05) is 0 Å². The highest BCUT2D eigenvalue weighted by atomic mass is 79.9. The lowest BCUT2D eigenvalue weighted by atomic mass is 10.1. The molecule has 2 amide bonds. The zero-order valence-electron chi connectivity index (χ0n) is 14.3. The van der Waals surface area contributed by atoms with Crippen molar-refractivity contribution < 1.29 is 31.6 Å². The Hall–Kier alpha value is -3.14. The Kier molecular flexibility index (Phi) is 5.73. The van der Waals surface area contributed by atoms with Gasteiger partial charge in [-0.05, 0) is 64.5 Å². The summed E-state index contributed by atoms with van der Waals surface area (Å²) in [7, 11) is 0. The molecular weight excluding hydrogens is 460 g/mol. The van der Waals surface area contributed by atoms with Crippen molar-refractivity contribution in [3.63, 3.8) is 0 Å². The van der Waals surface area contributed by atoms with Crippen LogP contribution in [0.25, 0.3) is 0 Å². The van der Waals surface area contributed by atoms with E-state index in [2.05, 4.69) is 26.6 Å². The fourth-order valence-corrected chi connectivity index (χ4v) is 2.96. The molecule has 0 aliphatic heterocycles. The summed E-state index contributed by atoms with van der Waals surface area (Å²) in [5.41, 5.74) is -1.87. The molecule has 3 rings (SSSR count). The number of nitrogens with one attached hydrogen (secondary N) is 2. The van der Waals surface area contributed by atoms with Crippen LogP contribution in [0.5, 0.6) is 0 Å². The van der Waals surface area contributed by atoms with E-state index in [-0.39, 0.29) is 21.5 Å². The quantitative estimate of drug-likeness (QED) is 0.480. The fourth-order valence-electron chi connectivity index (χ4n) is 2.43. The molecule has 29 heavy (non-hydrogen) atoms. The van der Waals surface area contributed by atoms with Crippen LogP contribution in [0.15, 0.2) is 63.7 Å². The van der Waals surface area contributed by atoms with Crippen LogP contribution in [-0.2, 0) is 6.18 Å². The number of benzene rings is 2. The Labute approximate surface area is 169 Å². The number of furan rings is 1.